The number of aliphatic hydroxyl groups excluding tert-OH is 1. The highest BCUT2D eigenvalue weighted by Crippen LogP contribution is 2.42. The van der Waals surface area contributed by atoms with Gasteiger partial charge in [0.05, 0.1) is 17.7 Å². The number of hydrogen-bond acceptors (Lipinski definition) is 4. The molecule has 1 aliphatic carbocycles. The quantitative estimate of drug-likeness (QED) is 0.817. The van der Waals surface area contributed by atoms with E-state index in [1.807, 2.05) is 13.8 Å². The summed E-state index contributed by atoms with van der Waals surface area (Å²) in [5, 5.41) is 10.0. The zero-order valence-electron chi connectivity index (χ0n) is 11.9. The molecule has 1 aromatic rings. The highest BCUT2D eigenvalue weighted by atomic mass is 79.9. The highest BCUT2D eigenvalue weighted by Gasteiger charge is 2.49. The maximum Gasteiger partial charge on any atom is 0.244 e. The number of halogens is 2. The van der Waals surface area contributed by atoms with Gasteiger partial charge in [-0.2, -0.15) is 0 Å². The van der Waals surface area contributed by atoms with E-state index in [0.717, 1.165) is 0 Å². The topological polar surface area (TPSA) is 75.6 Å². The van der Waals surface area contributed by atoms with Gasteiger partial charge in [-0.15, -0.1) is 0 Å². The molecular weight excluding hydrogens is 382 g/mol. The average Bonchev–Trinajstić information content (AvgIpc) is 2.37. The highest BCUT2D eigenvalue weighted by molar-refractivity contribution is 9.10. The normalized spacial score (nSPS) is 24.5. The van der Waals surface area contributed by atoms with Gasteiger partial charge in [-0.1, -0.05) is 25.4 Å². The number of hydrogen-bond donors (Lipinski definition) is 2. The molecule has 0 heterocycles. The van der Waals surface area contributed by atoms with Crippen LogP contribution in [0, 0.1) is 5.41 Å². The molecule has 2 atom stereocenters. The molecule has 0 amide bonds. The van der Waals surface area contributed by atoms with Crippen LogP contribution in [0.25, 0.3) is 0 Å². The number of rotatable bonds is 4. The van der Waals surface area contributed by atoms with Crippen molar-refractivity contribution in [1.29, 1.82) is 0 Å². The van der Waals surface area contributed by atoms with Crippen LogP contribution in [-0.4, -0.2) is 32.8 Å². The van der Waals surface area contributed by atoms with Gasteiger partial charge in [0.25, 0.3) is 0 Å². The molecule has 0 aromatic heterocycles. The Hall–Kier alpha value is -0.340. The Morgan fingerprint density at radius 2 is 2.10 bits per heavy atom. The SMILES string of the molecule is COc1c(Br)cc(Cl)cc1S(=O)(=O)NC1CC(O)C1(C)C. The first-order chi connectivity index (χ1) is 9.59. The predicted molar refractivity (Wildman–Crippen MR) is 84.2 cm³/mol. The molecule has 0 aliphatic heterocycles. The van der Waals surface area contributed by atoms with Gasteiger partial charge in [0.15, 0.2) is 5.75 Å². The Balaban J connectivity index is 2.37. The van der Waals surface area contributed by atoms with E-state index in [1.54, 1.807) is 6.07 Å². The van der Waals surface area contributed by atoms with Crippen molar-refractivity contribution in [3.8, 4) is 5.75 Å². The first kappa shape index (κ1) is 17.0. The summed E-state index contributed by atoms with van der Waals surface area (Å²) in [6.45, 7) is 3.64. The molecule has 0 spiro atoms. The zero-order chi connectivity index (χ0) is 16.0. The van der Waals surface area contributed by atoms with Crippen LogP contribution in [0.15, 0.2) is 21.5 Å². The second kappa shape index (κ2) is 5.70. The van der Waals surface area contributed by atoms with E-state index in [0.29, 0.717) is 10.9 Å². The van der Waals surface area contributed by atoms with Crippen molar-refractivity contribution in [2.75, 3.05) is 7.11 Å². The fourth-order valence-electron chi connectivity index (χ4n) is 2.29. The van der Waals surface area contributed by atoms with E-state index >= 15 is 0 Å². The summed E-state index contributed by atoms with van der Waals surface area (Å²) in [7, 11) is -2.41. The maximum absolute atomic E-state index is 12.6. The van der Waals surface area contributed by atoms with Crippen LogP contribution in [0.1, 0.15) is 20.3 Å². The third kappa shape index (κ3) is 3.07. The lowest BCUT2D eigenvalue weighted by Gasteiger charge is -2.49. The smallest absolute Gasteiger partial charge is 0.244 e. The molecule has 0 radical (unpaired) electrons. The maximum atomic E-state index is 12.6. The molecule has 1 aliphatic rings. The summed E-state index contributed by atoms with van der Waals surface area (Å²) in [6.07, 6.45) is -0.130. The Labute approximate surface area is 137 Å². The average molecular weight is 399 g/mol. The molecule has 118 valence electrons. The number of methoxy groups -OCH3 is 1. The van der Waals surface area contributed by atoms with Crippen LogP contribution in [0.4, 0.5) is 0 Å². The van der Waals surface area contributed by atoms with Gasteiger partial charge >= 0.3 is 0 Å². The first-order valence-corrected chi connectivity index (χ1v) is 8.98. The van der Waals surface area contributed by atoms with E-state index in [4.69, 9.17) is 16.3 Å². The van der Waals surface area contributed by atoms with Gasteiger partial charge in [0, 0.05) is 16.5 Å². The van der Waals surface area contributed by atoms with E-state index < -0.39 is 21.5 Å². The van der Waals surface area contributed by atoms with Crippen LogP contribution in [0.5, 0.6) is 5.75 Å². The molecule has 0 saturated heterocycles. The largest absolute Gasteiger partial charge is 0.494 e. The van der Waals surface area contributed by atoms with Crippen molar-refractivity contribution in [1.82, 2.24) is 4.72 Å². The van der Waals surface area contributed by atoms with Gasteiger partial charge in [0.2, 0.25) is 10.0 Å². The second-order valence-corrected chi connectivity index (χ2v) is 8.64. The standard InChI is InChI=1S/C13H17BrClNO4S/c1-13(2)10(6-11(13)17)16-21(18,19)9-5-7(15)4-8(14)12(9)20-3/h4-5,10-11,16-17H,6H2,1-3H3. The van der Waals surface area contributed by atoms with Crippen LogP contribution < -0.4 is 9.46 Å². The zero-order valence-corrected chi connectivity index (χ0v) is 15.0. The summed E-state index contributed by atoms with van der Waals surface area (Å²) in [5.41, 5.74) is -0.504. The number of sulfonamides is 1. The molecule has 8 heteroatoms. The molecule has 21 heavy (non-hydrogen) atoms. The Bertz CT molecular complexity index is 662. The Kier molecular flexibility index (Phi) is 4.62. The number of nitrogens with one attached hydrogen (secondary N) is 1. The van der Waals surface area contributed by atoms with Crippen molar-refractivity contribution >= 4 is 37.6 Å². The van der Waals surface area contributed by atoms with Crippen LogP contribution in [0.2, 0.25) is 5.02 Å². The molecule has 5 nitrogen and oxygen atoms in total. The predicted octanol–water partition coefficient (Wildman–Crippen LogP) is 2.55. The number of aliphatic hydroxyl groups is 1. The fourth-order valence-corrected chi connectivity index (χ4v) is 5.08. The molecule has 2 unspecified atom stereocenters. The summed E-state index contributed by atoms with van der Waals surface area (Å²) in [5.74, 6) is 0.199. The molecular formula is C13H17BrClNO4S. The minimum Gasteiger partial charge on any atom is -0.494 e. The Morgan fingerprint density at radius 1 is 1.48 bits per heavy atom. The van der Waals surface area contributed by atoms with Gasteiger partial charge in [-0.3, -0.25) is 0 Å². The van der Waals surface area contributed by atoms with Crippen molar-refractivity contribution in [3.63, 3.8) is 0 Å². The minimum absolute atomic E-state index is 0.0263. The van der Waals surface area contributed by atoms with Crippen molar-refractivity contribution < 1.29 is 18.3 Å². The molecule has 1 aromatic carbocycles. The molecule has 2 rings (SSSR count). The van der Waals surface area contributed by atoms with E-state index in [2.05, 4.69) is 20.7 Å². The van der Waals surface area contributed by atoms with E-state index in [-0.39, 0.29) is 21.7 Å². The van der Waals surface area contributed by atoms with Crippen LogP contribution >= 0.6 is 27.5 Å². The van der Waals surface area contributed by atoms with Crippen LogP contribution in [-0.2, 0) is 10.0 Å². The third-order valence-corrected chi connectivity index (χ3v) is 6.27. The summed E-state index contributed by atoms with van der Waals surface area (Å²) in [6, 6.07) is 2.58. The van der Waals surface area contributed by atoms with Gasteiger partial charge in [-0.05, 0) is 34.5 Å². The molecule has 2 N–H and O–H groups in total. The van der Waals surface area contributed by atoms with E-state index in [9.17, 15) is 13.5 Å². The van der Waals surface area contributed by atoms with Crippen molar-refractivity contribution in [2.45, 2.75) is 37.3 Å². The van der Waals surface area contributed by atoms with Crippen LogP contribution in [0.3, 0.4) is 0 Å². The lowest BCUT2D eigenvalue weighted by Crippen LogP contribution is -2.61. The summed E-state index contributed by atoms with van der Waals surface area (Å²) in [4.78, 5) is -0.0263. The van der Waals surface area contributed by atoms with Gasteiger partial charge in [-0.25, -0.2) is 13.1 Å². The summed E-state index contributed by atoms with van der Waals surface area (Å²) >= 11 is 9.17. The summed E-state index contributed by atoms with van der Waals surface area (Å²) < 4.78 is 33.3. The molecule has 1 saturated carbocycles. The van der Waals surface area contributed by atoms with Gasteiger partial charge in [0.1, 0.15) is 4.90 Å². The molecule has 0 bridgehead atoms. The minimum atomic E-state index is -3.80. The fraction of sp³-hybridized carbons (Fsp3) is 0.538. The van der Waals surface area contributed by atoms with Gasteiger partial charge < -0.3 is 9.84 Å². The van der Waals surface area contributed by atoms with Crippen molar-refractivity contribution in [3.05, 3.63) is 21.6 Å². The van der Waals surface area contributed by atoms with E-state index in [1.165, 1.54) is 13.2 Å². The second-order valence-electron chi connectivity index (χ2n) is 5.67. The Morgan fingerprint density at radius 3 is 2.57 bits per heavy atom. The lowest BCUT2D eigenvalue weighted by molar-refractivity contribution is -0.0645. The number of benzene rings is 1. The monoisotopic (exact) mass is 397 g/mol. The number of ether oxygens (including phenoxy) is 1. The lowest BCUT2D eigenvalue weighted by atomic mass is 9.65. The molecule has 1 fully saturated rings. The first-order valence-electron chi connectivity index (χ1n) is 6.33. The van der Waals surface area contributed by atoms with Crippen molar-refractivity contribution in [2.24, 2.45) is 5.41 Å². The third-order valence-electron chi connectivity index (χ3n) is 3.98.